The number of imidazole rings is 1. The molecule has 1 saturated heterocycles. The Kier molecular flexibility index (Phi) is 5.21. The Labute approximate surface area is 147 Å². The third kappa shape index (κ3) is 3.62. The van der Waals surface area contributed by atoms with Crippen LogP contribution in [0.5, 0.6) is 0 Å². The summed E-state index contributed by atoms with van der Waals surface area (Å²) < 4.78 is 1.64. The predicted octanol–water partition coefficient (Wildman–Crippen LogP) is 2.81. The normalized spacial score (nSPS) is 19.3. The summed E-state index contributed by atoms with van der Waals surface area (Å²) in [6.07, 6.45) is 2.53. The van der Waals surface area contributed by atoms with E-state index in [1.165, 1.54) is 5.56 Å². The molecule has 1 aliphatic heterocycles. The molecular weight excluding hydrogens is 324 g/mol. The van der Waals surface area contributed by atoms with Crippen LogP contribution in [0.25, 0.3) is 0 Å². The molecule has 1 atom stereocenters. The molecule has 128 valence electrons. The molecule has 0 radical (unpaired) electrons. The van der Waals surface area contributed by atoms with E-state index in [0.29, 0.717) is 11.0 Å². The summed E-state index contributed by atoms with van der Waals surface area (Å²) in [5, 5.41) is 0.339. The van der Waals surface area contributed by atoms with E-state index in [2.05, 4.69) is 41.1 Å². The number of rotatable bonds is 3. The third-order valence-corrected chi connectivity index (χ3v) is 4.94. The lowest BCUT2D eigenvalue weighted by atomic mass is 10.2. The van der Waals surface area contributed by atoms with Crippen LogP contribution in [0.1, 0.15) is 29.4 Å². The average Bonchev–Trinajstić information content (AvgIpc) is 2.79. The van der Waals surface area contributed by atoms with E-state index >= 15 is 0 Å². The minimum Gasteiger partial charge on any atom is -0.333 e. The summed E-state index contributed by atoms with van der Waals surface area (Å²) in [5.41, 5.74) is 1.85. The fourth-order valence-electron chi connectivity index (χ4n) is 3.27. The fourth-order valence-corrected chi connectivity index (χ4v) is 3.41. The summed E-state index contributed by atoms with van der Waals surface area (Å²) in [7, 11) is 1.77. The van der Waals surface area contributed by atoms with Crippen molar-refractivity contribution < 1.29 is 4.79 Å². The van der Waals surface area contributed by atoms with Crippen LogP contribution in [0, 0.1) is 0 Å². The molecule has 1 aromatic carbocycles. The van der Waals surface area contributed by atoms with Crippen LogP contribution >= 0.6 is 11.6 Å². The molecule has 1 fully saturated rings. The summed E-state index contributed by atoms with van der Waals surface area (Å²) >= 11 is 5.97. The Morgan fingerprint density at radius 1 is 1.29 bits per heavy atom. The molecular formula is C18H23ClN4O. The van der Waals surface area contributed by atoms with Crippen LogP contribution in [0.4, 0.5) is 0 Å². The van der Waals surface area contributed by atoms with E-state index in [9.17, 15) is 4.79 Å². The van der Waals surface area contributed by atoms with Crippen LogP contribution in [-0.2, 0) is 13.6 Å². The van der Waals surface area contributed by atoms with E-state index in [1.54, 1.807) is 17.8 Å². The van der Waals surface area contributed by atoms with Gasteiger partial charge in [-0.2, -0.15) is 0 Å². The molecule has 3 rings (SSSR count). The molecule has 1 amide bonds. The molecule has 6 heteroatoms. The van der Waals surface area contributed by atoms with Crippen molar-refractivity contribution in [2.75, 3.05) is 19.6 Å². The van der Waals surface area contributed by atoms with Gasteiger partial charge in [-0.1, -0.05) is 30.3 Å². The number of carbonyl (C=O) groups is 1. The molecule has 1 aliphatic rings. The minimum absolute atomic E-state index is 0.00552. The number of amides is 1. The van der Waals surface area contributed by atoms with Crippen molar-refractivity contribution in [2.24, 2.45) is 7.05 Å². The first-order valence-electron chi connectivity index (χ1n) is 8.30. The lowest BCUT2D eigenvalue weighted by molar-refractivity contribution is 0.0681. The number of halogens is 1. The lowest BCUT2D eigenvalue weighted by Gasteiger charge is -2.29. The fraction of sp³-hybridized carbons (Fsp3) is 0.444. The Hall–Kier alpha value is -1.85. The summed E-state index contributed by atoms with van der Waals surface area (Å²) in [6, 6.07) is 10.6. The maximum Gasteiger partial charge on any atom is 0.272 e. The molecule has 1 aromatic heterocycles. The van der Waals surface area contributed by atoms with Crippen molar-refractivity contribution >= 4 is 17.5 Å². The van der Waals surface area contributed by atoms with Gasteiger partial charge in [-0.05, 0) is 30.5 Å². The van der Waals surface area contributed by atoms with Gasteiger partial charge in [0.15, 0.2) is 0 Å². The van der Waals surface area contributed by atoms with E-state index < -0.39 is 0 Å². The molecule has 1 unspecified atom stereocenters. The summed E-state index contributed by atoms with van der Waals surface area (Å²) in [4.78, 5) is 21.2. The second-order valence-corrected chi connectivity index (χ2v) is 6.73. The van der Waals surface area contributed by atoms with Gasteiger partial charge in [0.05, 0.1) is 6.20 Å². The number of nitrogens with zero attached hydrogens (tertiary/aromatic N) is 4. The second-order valence-electron chi connectivity index (χ2n) is 6.39. The van der Waals surface area contributed by atoms with Gasteiger partial charge >= 0.3 is 0 Å². The van der Waals surface area contributed by atoms with Crippen LogP contribution in [0.2, 0.25) is 5.28 Å². The van der Waals surface area contributed by atoms with Gasteiger partial charge in [0.25, 0.3) is 5.91 Å². The zero-order valence-corrected chi connectivity index (χ0v) is 14.9. The maximum absolute atomic E-state index is 12.9. The standard InChI is InChI=1S/C18H23ClN4O/c1-14-12-22(13-15-7-4-3-5-8-15)9-6-10-23(14)17(24)16-11-20-18(19)21(16)2/h3-5,7-8,11,14H,6,9-10,12-13H2,1-2H3. The van der Waals surface area contributed by atoms with E-state index in [-0.39, 0.29) is 11.9 Å². The number of aromatic nitrogens is 2. The van der Waals surface area contributed by atoms with Crippen molar-refractivity contribution in [2.45, 2.75) is 25.9 Å². The molecule has 24 heavy (non-hydrogen) atoms. The number of hydrogen-bond acceptors (Lipinski definition) is 3. The van der Waals surface area contributed by atoms with Gasteiger partial charge in [-0.3, -0.25) is 9.69 Å². The van der Waals surface area contributed by atoms with Crippen molar-refractivity contribution in [1.29, 1.82) is 0 Å². The van der Waals surface area contributed by atoms with E-state index in [1.807, 2.05) is 11.0 Å². The Bertz CT molecular complexity index is 700. The topological polar surface area (TPSA) is 41.4 Å². The molecule has 0 N–H and O–H groups in total. The molecule has 2 heterocycles. The quantitative estimate of drug-likeness (QED) is 0.858. The van der Waals surface area contributed by atoms with Crippen LogP contribution in [0.15, 0.2) is 36.5 Å². The highest BCUT2D eigenvalue weighted by atomic mass is 35.5. The number of carbonyl (C=O) groups excluding carboxylic acids is 1. The monoisotopic (exact) mass is 346 g/mol. The molecule has 0 spiro atoms. The highest BCUT2D eigenvalue weighted by molar-refractivity contribution is 6.28. The zero-order chi connectivity index (χ0) is 17.1. The minimum atomic E-state index is 0.00552. The Balaban J connectivity index is 1.69. The van der Waals surface area contributed by atoms with Gasteiger partial charge in [0.2, 0.25) is 5.28 Å². The van der Waals surface area contributed by atoms with Gasteiger partial charge in [0, 0.05) is 39.3 Å². The molecule has 0 saturated carbocycles. The number of hydrogen-bond donors (Lipinski definition) is 0. The van der Waals surface area contributed by atoms with Crippen LogP contribution in [-0.4, -0.2) is 50.9 Å². The smallest absolute Gasteiger partial charge is 0.272 e. The van der Waals surface area contributed by atoms with Crippen molar-refractivity contribution in [1.82, 2.24) is 19.4 Å². The highest BCUT2D eigenvalue weighted by Gasteiger charge is 2.28. The maximum atomic E-state index is 12.9. The first-order valence-corrected chi connectivity index (χ1v) is 8.68. The molecule has 2 aromatic rings. The van der Waals surface area contributed by atoms with Gasteiger partial charge in [0.1, 0.15) is 5.69 Å². The average molecular weight is 347 g/mol. The third-order valence-electron chi connectivity index (χ3n) is 4.59. The lowest BCUT2D eigenvalue weighted by Crippen LogP contribution is -2.43. The van der Waals surface area contributed by atoms with Crippen molar-refractivity contribution in [3.8, 4) is 0 Å². The summed E-state index contributed by atoms with van der Waals surface area (Å²) in [6.45, 7) is 5.65. The highest BCUT2D eigenvalue weighted by Crippen LogP contribution is 2.17. The summed E-state index contributed by atoms with van der Waals surface area (Å²) in [5.74, 6) is 0.00552. The second kappa shape index (κ2) is 7.36. The van der Waals surface area contributed by atoms with Crippen molar-refractivity contribution in [3.05, 3.63) is 53.1 Å². The van der Waals surface area contributed by atoms with Gasteiger partial charge in [-0.25, -0.2) is 4.98 Å². The first-order chi connectivity index (χ1) is 11.6. The largest absolute Gasteiger partial charge is 0.333 e. The SMILES string of the molecule is CC1CN(Cc2ccccc2)CCCN1C(=O)c1cnc(Cl)n1C. The molecule has 0 bridgehead atoms. The van der Waals surface area contributed by atoms with Crippen LogP contribution in [0.3, 0.4) is 0 Å². The van der Waals surface area contributed by atoms with E-state index in [4.69, 9.17) is 11.6 Å². The predicted molar refractivity (Wildman–Crippen MR) is 95.1 cm³/mol. The first kappa shape index (κ1) is 17.0. The number of benzene rings is 1. The zero-order valence-electron chi connectivity index (χ0n) is 14.2. The van der Waals surface area contributed by atoms with Crippen molar-refractivity contribution in [3.63, 3.8) is 0 Å². The van der Waals surface area contributed by atoms with E-state index in [0.717, 1.165) is 32.6 Å². The molecule has 5 nitrogen and oxygen atoms in total. The Morgan fingerprint density at radius 2 is 2.04 bits per heavy atom. The molecule has 0 aliphatic carbocycles. The van der Waals surface area contributed by atoms with Crippen LogP contribution < -0.4 is 0 Å². The van der Waals surface area contributed by atoms with Gasteiger partial charge < -0.3 is 9.47 Å². The Morgan fingerprint density at radius 3 is 2.71 bits per heavy atom. The van der Waals surface area contributed by atoms with Gasteiger partial charge in [-0.15, -0.1) is 0 Å².